The molecule has 1 aliphatic heterocycles. The van der Waals surface area contributed by atoms with Crippen LogP contribution in [0.2, 0.25) is 10.0 Å². The van der Waals surface area contributed by atoms with Crippen LogP contribution in [-0.4, -0.2) is 25.5 Å². The molecule has 0 spiro atoms. The lowest BCUT2D eigenvalue weighted by atomic mass is 10.1. The van der Waals surface area contributed by atoms with Crippen LogP contribution in [0.1, 0.15) is 17.5 Å². The molecule has 0 saturated heterocycles. The van der Waals surface area contributed by atoms with E-state index in [2.05, 4.69) is 16.5 Å². The molecule has 1 heterocycles. The van der Waals surface area contributed by atoms with E-state index in [0.29, 0.717) is 16.6 Å². The molecular weight excluding hydrogens is 347 g/mol. The summed E-state index contributed by atoms with van der Waals surface area (Å²) in [6.45, 7) is 1.46. The average molecular weight is 365 g/mol. The summed E-state index contributed by atoms with van der Waals surface area (Å²) >= 11 is 12.0. The second kappa shape index (κ2) is 7.88. The van der Waals surface area contributed by atoms with Crippen molar-refractivity contribution >= 4 is 28.9 Å². The van der Waals surface area contributed by atoms with Gasteiger partial charge in [-0.25, -0.2) is 0 Å². The summed E-state index contributed by atoms with van der Waals surface area (Å²) < 4.78 is 5.22. The van der Waals surface area contributed by atoms with Crippen molar-refractivity contribution in [2.75, 3.05) is 13.7 Å². The number of ether oxygens (including phenoxy) is 1. The first-order valence-electron chi connectivity index (χ1n) is 7.67. The van der Waals surface area contributed by atoms with Gasteiger partial charge in [0.05, 0.1) is 22.9 Å². The average Bonchev–Trinajstić information content (AvgIpc) is 3.06. The number of nitrogens with zero attached hydrogens (tertiary/aromatic N) is 1. The van der Waals surface area contributed by atoms with Crippen molar-refractivity contribution in [2.45, 2.75) is 19.1 Å². The Kier molecular flexibility index (Phi) is 5.61. The van der Waals surface area contributed by atoms with Gasteiger partial charge in [-0.2, -0.15) is 0 Å². The molecule has 0 aliphatic carbocycles. The zero-order chi connectivity index (χ0) is 16.9. The molecule has 1 unspecified atom stereocenters. The zero-order valence-electron chi connectivity index (χ0n) is 13.3. The second-order valence-electron chi connectivity index (χ2n) is 5.58. The number of nitrogens with one attached hydrogen (secondary N) is 1. The Labute approximate surface area is 151 Å². The van der Waals surface area contributed by atoms with Crippen molar-refractivity contribution in [3.8, 4) is 5.75 Å². The Morgan fingerprint density at radius 1 is 1.21 bits per heavy atom. The normalized spacial score (nSPS) is 16.6. The predicted molar refractivity (Wildman–Crippen MR) is 97.2 cm³/mol. The van der Waals surface area contributed by atoms with Crippen LogP contribution < -0.4 is 10.1 Å². The Morgan fingerprint density at radius 2 is 2.08 bits per heavy atom. The topological polar surface area (TPSA) is 42.8 Å². The van der Waals surface area contributed by atoms with Crippen LogP contribution in [-0.2, 0) is 11.4 Å². The van der Waals surface area contributed by atoms with Crippen molar-refractivity contribution in [3.63, 3.8) is 0 Å². The molecule has 0 bridgehead atoms. The second-order valence-corrected chi connectivity index (χ2v) is 6.40. The monoisotopic (exact) mass is 364 g/mol. The molecule has 0 fully saturated rings. The van der Waals surface area contributed by atoms with E-state index in [-0.39, 0.29) is 6.10 Å². The highest BCUT2D eigenvalue weighted by molar-refractivity contribution is 6.42. The van der Waals surface area contributed by atoms with E-state index in [4.69, 9.17) is 32.8 Å². The lowest BCUT2D eigenvalue weighted by Gasteiger charge is -2.10. The molecule has 2 aromatic carbocycles. The molecule has 4 nitrogen and oxygen atoms in total. The number of halogens is 2. The summed E-state index contributed by atoms with van der Waals surface area (Å²) in [5.74, 6) is 0.858. The molecule has 126 valence electrons. The highest BCUT2D eigenvalue weighted by atomic mass is 35.5. The summed E-state index contributed by atoms with van der Waals surface area (Å²) in [5, 5.41) is 8.62. The molecule has 24 heavy (non-hydrogen) atoms. The SMILES string of the molecule is COc1cccc(CNCC2CC(c3ccc(Cl)c(Cl)c3)=NO2)c1. The Hall–Kier alpha value is -1.75. The number of hydrogen-bond donors (Lipinski definition) is 1. The van der Waals surface area contributed by atoms with Gasteiger partial charge in [-0.05, 0) is 29.8 Å². The Morgan fingerprint density at radius 3 is 2.88 bits per heavy atom. The third kappa shape index (κ3) is 4.20. The smallest absolute Gasteiger partial charge is 0.145 e. The van der Waals surface area contributed by atoms with E-state index >= 15 is 0 Å². The molecule has 1 N–H and O–H groups in total. The van der Waals surface area contributed by atoms with Gasteiger partial charge in [0.15, 0.2) is 0 Å². The zero-order valence-corrected chi connectivity index (χ0v) is 14.8. The lowest BCUT2D eigenvalue weighted by Crippen LogP contribution is -2.26. The maximum absolute atomic E-state index is 6.05. The third-order valence-corrected chi connectivity index (χ3v) is 4.56. The maximum atomic E-state index is 6.05. The maximum Gasteiger partial charge on any atom is 0.145 e. The first-order chi connectivity index (χ1) is 11.7. The minimum Gasteiger partial charge on any atom is -0.497 e. The minimum absolute atomic E-state index is 0.0139. The highest BCUT2D eigenvalue weighted by Crippen LogP contribution is 2.25. The van der Waals surface area contributed by atoms with Crippen LogP contribution in [0, 0.1) is 0 Å². The van der Waals surface area contributed by atoms with Gasteiger partial charge in [0.2, 0.25) is 0 Å². The van der Waals surface area contributed by atoms with Crippen LogP contribution >= 0.6 is 23.2 Å². The summed E-state index contributed by atoms with van der Waals surface area (Å²) in [4.78, 5) is 5.50. The standard InChI is InChI=1S/C18H18Cl2N2O2/c1-23-14-4-2-3-12(7-14)10-21-11-15-9-18(22-24-15)13-5-6-16(19)17(20)8-13/h2-8,15,21H,9-11H2,1H3. The molecule has 6 heteroatoms. The molecule has 1 aliphatic rings. The molecular formula is C18H18Cl2N2O2. The molecule has 0 aromatic heterocycles. The number of hydrogen-bond acceptors (Lipinski definition) is 4. The molecule has 2 aromatic rings. The van der Waals surface area contributed by atoms with E-state index < -0.39 is 0 Å². The van der Waals surface area contributed by atoms with Gasteiger partial charge in [0, 0.05) is 25.1 Å². The Bertz CT molecular complexity index is 750. The van der Waals surface area contributed by atoms with Crippen LogP contribution in [0.4, 0.5) is 0 Å². The van der Waals surface area contributed by atoms with Gasteiger partial charge in [0.25, 0.3) is 0 Å². The first-order valence-corrected chi connectivity index (χ1v) is 8.43. The fraction of sp³-hybridized carbons (Fsp3) is 0.278. The largest absolute Gasteiger partial charge is 0.497 e. The van der Waals surface area contributed by atoms with E-state index in [9.17, 15) is 0 Å². The summed E-state index contributed by atoms with van der Waals surface area (Å²) in [6.07, 6.45) is 0.753. The van der Waals surface area contributed by atoms with Crippen molar-refractivity contribution in [1.29, 1.82) is 0 Å². The van der Waals surface area contributed by atoms with E-state index in [1.807, 2.05) is 30.3 Å². The van der Waals surface area contributed by atoms with Crippen molar-refractivity contribution in [2.24, 2.45) is 5.16 Å². The van der Waals surface area contributed by atoms with Gasteiger partial charge >= 0.3 is 0 Å². The van der Waals surface area contributed by atoms with E-state index in [1.165, 1.54) is 0 Å². The van der Waals surface area contributed by atoms with Gasteiger partial charge in [-0.15, -0.1) is 0 Å². The van der Waals surface area contributed by atoms with Gasteiger partial charge in [0.1, 0.15) is 11.9 Å². The van der Waals surface area contributed by atoms with Crippen molar-refractivity contribution in [1.82, 2.24) is 5.32 Å². The van der Waals surface area contributed by atoms with Gasteiger partial charge in [-0.1, -0.05) is 46.6 Å². The van der Waals surface area contributed by atoms with Crippen LogP contribution in [0.5, 0.6) is 5.75 Å². The quantitative estimate of drug-likeness (QED) is 0.831. The van der Waals surface area contributed by atoms with Crippen molar-refractivity contribution in [3.05, 3.63) is 63.6 Å². The van der Waals surface area contributed by atoms with Crippen molar-refractivity contribution < 1.29 is 9.57 Å². The number of benzene rings is 2. The fourth-order valence-electron chi connectivity index (χ4n) is 2.54. The molecule has 0 radical (unpaired) electrons. The predicted octanol–water partition coefficient (Wildman–Crippen LogP) is 4.28. The minimum atomic E-state index is 0.0139. The van der Waals surface area contributed by atoms with Crippen LogP contribution in [0.15, 0.2) is 47.6 Å². The Balaban J connectivity index is 1.49. The summed E-state index contributed by atoms with van der Waals surface area (Å²) in [7, 11) is 1.67. The summed E-state index contributed by atoms with van der Waals surface area (Å²) in [6, 6.07) is 13.5. The highest BCUT2D eigenvalue weighted by Gasteiger charge is 2.22. The summed E-state index contributed by atoms with van der Waals surface area (Å²) in [5.41, 5.74) is 3.00. The van der Waals surface area contributed by atoms with E-state index in [0.717, 1.165) is 35.6 Å². The first kappa shape index (κ1) is 17.1. The van der Waals surface area contributed by atoms with Crippen LogP contribution in [0.25, 0.3) is 0 Å². The molecule has 0 amide bonds. The van der Waals surface area contributed by atoms with E-state index in [1.54, 1.807) is 13.2 Å². The molecule has 0 saturated carbocycles. The number of methoxy groups -OCH3 is 1. The van der Waals surface area contributed by atoms with Crippen LogP contribution in [0.3, 0.4) is 0 Å². The number of oxime groups is 1. The molecule has 3 rings (SSSR count). The fourth-order valence-corrected chi connectivity index (χ4v) is 2.84. The lowest BCUT2D eigenvalue weighted by molar-refractivity contribution is 0.0848. The number of rotatable bonds is 6. The van der Waals surface area contributed by atoms with Gasteiger partial charge < -0.3 is 14.9 Å². The van der Waals surface area contributed by atoms with Gasteiger partial charge in [-0.3, -0.25) is 0 Å². The molecule has 1 atom stereocenters. The third-order valence-electron chi connectivity index (χ3n) is 3.82.